The molecule has 120 valence electrons. The number of hydrogen-bond donors (Lipinski definition) is 1. The molecular formula is C16H29N3O2. The number of hydrogen-bond acceptors (Lipinski definition) is 4. The van der Waals surface area contributed by atoms with Gasteiger partial charge in [0.2, 0.25) is 0 Å². The van der Waals surface area contributed by atoms with E-state index >= 15 is 0 Å². The van der Waals surface area contributed by atoms with Crippen LogP contribution in [0, 0.1) is 0 Å². The van der Waals surface area contributed by atoms with Gasteiger partial charge < -0.3 is 19.8 Å². The lowest BCUT2D eigenvalue weighted by Crippen LogP contribution is -2.33. The molecule has 0 fully saturated rings. The Kier molecular flexibility index (Phi) is 10.5. The summed E-state index contributed by atoms with van der Waals surface area (Å²) in [6.45, 7) is 4.59. The van der Waals surface area contributed by atoms with Crippen LogP contribution in [0.25, 0.3) is 0 Å². The SMILES string of the molecule is CN(C)CCN(C)CCN(C)C.O=C(O)c1ccccc1. The molecule has 5 heteroatoms. The summed E-state index contributed by atoms with van der Waals surface area (Å²) in [4.78, 5) is 17.0. The van der Waals surface area contributed by atoms with Crippen LogP contribution in [-0.4, -0.2) is 87.2 Å². The maximum atomic E-state index is 10.2. The molecule has 0 bridgehead atoms. The molecule has 0 saturated carbocycles. The number of likely N-dealkylation sites (N-methyl/N-ethyl adjacent to an activating group) is 3. The molecule has 0 amide bonds. The zero-order chi connectivity index (χ0) is 16.3. The molecule has 21 heavy (non-hydrogen) atoms. The number of carbonyl (C=O) groups is 1. The molecule has 1 aromatic rings. The number of benzene rings is 1. The second-order valence-electron chi connectivity index (χ2n) is 5.58. The van der Waals surface area contributed by atoms with E-state index in [-0.39, 0.29) is 0 Å². The summed E-state index contributed by atoms with van der Waals surface area (Å²) in [5.74, 6) is -0.879. The highest BCUT2D eigenvalue weighted by atomic mass is 16.4. The van der Waals surface area contributed by atoms with Gasteiger partial charge in [-0.2, -0.15) is 0 Å². The van der Waals surface area contributed by atoms with E-state index in [2.05, 4.69) is 49.9 Å². The van der Waals surface area contributed by atoms with E-state index in [1.807, 2.05) is 0 Å². The lowest BCUT2D eigenvalue weighted by atomic mass is 10.2. The van der Waals surface area contributed by atoms with E-state index < -0.39 is 5.97 Å². The standard InChI is InChI=1S/C9H23N3.C7H6O2/c1-10(2)6-8-12(5)9-7-11(3)4;8-7(9)6-4-2-1-3-5-6/h6-9H2,1-5H3;1-5H,(H,8,9). The normalized spacial score (nSPS) is 10.7. The summed E-state index contributed by atoms with van der Waals surface area (Å²) in [5, 5.41) is 8.38. The van der Waals surface area contributed by atoms with Gasteiger partial charge in [-0.1, -0.05) is 18.2 Å². The highest BCUT2D eigenvalue weighted by Crippen LogP contribution is 1.96. The van der Waals surface area contributed by atoms with Crippen molar-refractivity contribution < 1.29 is 9.90 Å². The molecule has 1 N–H and O–H groups in total. The van der Waals surface area contributed by atoms with Crippen LogP contribution in [-0.2, 0) is 0 Å². The van der Waals surface area contributed by atoms with Gasteiger partial charge in [0, 0.05) is 26.2 Å². The summed E-state index contributed by atoms with van der Waals surface area (Å²) < 4.78 is 0. The van der Waals surface area contributed by atoms with Crippen LogP contribution in [0.1, 0.15) is 10.4 Å². The zero-order valence-corrected chi connectivity index (χ0v) is 13.9. The summed E-state index contributed by atoms with van der Waals surface area (Å²) in [6, 6.07) is 8.30. The van der Waals surface area contributed by atoms with Gasteiger partial charge in [0.25, 0.3) is 0 Å². The van der Waals surface area contributed by atoms with Crippen molar-refractivity contribution in [3.8, 4) is 0 Å². The Balaban J connectivity index is 0.000000394. The van der Waals surface area contributed by atoms with E-state index in [4.69, 9.17) is 5.11 Å². The van der Waals surface area contributed by atoms with E-state index in [1.54, 1.807) is 30.3 Å². The van der Waals surface area contributed by atoms with Crippen molar-refractivity contribution in [2.24, 2.45) is 0 Å². The molecule has 1 rings (SSSR count). The van der Waals surface area contributed by atoms with E-state index in [9.17, 15) is 4.79 Å². The number of aromatic carboxylic acids is 1. The van der Waals surface area contributed by atoms with Crippen molar-refractivity contribution in [1.29, 1.82) is 0 Å². The number of nitrogens with zero attached hydrogens (tertiary/aromatic N) is 3. The fourth-order valence-corrected chi connectivity index (χ4v) is 1.43. The monoisotopic (exact) mass is 295 g/mol. The Hall–Kier alpha value is -1.43. The number of rotatable bonds is 7. The molecule has 0 atom stereocenters. The molecule has 0 saturated heterocycles. The summed E-state index contributed by atoms with van der Waals surface area (Å²) in [5.41, 5.74) is 0.331. The van der Waals surface area contributed by atoms with Crippen LogP contribution >= 0.6 is 0 Å². The molecule has 0 aliphatic rings. The minimum absolute atomic E-state index is 0.331. The molecule has 0 aliphatic heterocycles. The van der Waals surface area contributed by atoms with Crippen LogP contribution < -0.4 is 0 Å². The van der Waals surface area contributed by atoms with Crippen molar-refractivity contribution in [2.45, 2.75) is 0 Å². The van der Waals surface area contributed by atoms with E-state index in [1.165, 1.54) is 0 Å². The lowest BCUT2D eigenvalue weighted by Gasteiger charge is -2.20. The van der Waals surface area contributed by atoms with Gasteiger partial charge in [0.15, 0.2) is 0 Å². The molecule has 0 aromatic heterocycles. The second kappa shape index (κ2) is 11.3. The quantitative estimate of drug-likeness (QED) is 0.824. The van der Waals surface area contributed by atoms with E-state index in [0.717, 1.165) is 26.2 Å². The van der Waals surface area contributed by atoms with Gasteiger partial charge in [0.1, 0.15) is 0 Å². The molecular weight excluding hydrogens is 266 g/mol. The topological polar surface area (TPSA) is 47.0 Å². The van der Waals surface area contributed by atoms with Crippen LogP contribution in [0.5, 0.6) is 0 Å². The molecule has 0 heterocycles. The van der Waals surface area contributed by atoms with Crippen molar-refractivity contribution in [3.05, 3.63) is 35.9 Å². The number of carboxylic acids is 1. The van der Waals surface area contributed by atoms with Gasteiger partial charge in [-0.05, 0) is 47.4 Å². The van der Waals surface area contributed by atoms with Crippen LogP contribution in [0.15, 0.2) is 30.3 Å². The fourth-order valence-electron chi connectivity index (χ4n) is 1.43. The zero-order valence-electron chi connectivity index (χ0n) is 13.9. The highest BCUT2D eigenvalue weighted by molar-refractivity contribution is 5.87. The van der Waals surface area contributed by atoms with Crippen LogP contribution in [0.4, 0.5) is 0 Å². The van der Waals surface area contributed by atoms with Crippen molar-refractivity contribution >= 4 is 5.97 Å². The van der Waals surface area contributed by atoms with Gasteiger partial charge >= 0.3 is 5.97 Å². The smallest absolute Gasteiger partial charge is 0.335 e. The minimum Gasteiger partial charge on any atom is -0.478 e. The van der Waals surface area contributed by atoms with Crippen molar-refractivity contribution in [3.63, 3.8) is 0 Å². The number of carboxylic acid groups (broad SMARTS) is 1. The molecule has 0 aliphatic carbocycles. The Bertz CT molecular complexity index is 368. The van der Waals surface area contributed by atoms with E-state index in [0.29, 0.717) is 5.56 Å². The first-order chi connectivity index (χ1) is 9.82. The fraction of sp³-hybridized carbons (Fsp3) is 0.562. The third kappa shape index (κ3) is 12.1. The van der Waals surface area contributed by atoms with Crippen molar-refractivity contribution in [1.82, 2.24) is 14.7 Å². The molecule has 0 spiro atoms. The Labute approximate surface area is 128 Å². The van der Waals surface area contributed by atoms with Gasteiger partial charge in [-0.25, -0.2) is 4.79 Å². The third-order valence-electron chi connectivity index (χ3n) is 2.88. The molecule has 1 aromatic carbocycles. The lowest BCUT2D eigenvalue weighted by molar-refractivity contribution is 0.0697. The van der Waals surface area contributed by atoms with Crippen LogP contribution in [0.3, 0.4) is 0 Å². The first-order valence-corrected chi connectivity index (χ1v) is 7.09. The first-order valence-electron chi connectivity index (χ1n) is 7.09. The molecule has 0 unspecified atom stereocenters. The Morgan fingerprint density at radius 2 is 1.29 bits per heavy atom. The van der Waals surface area contributed by atoms with Gasteiger partial charge in [-0.15, -0.1) is 0 Å². The largest absolute Gasteiger partial charge is 0.478 e. The average Bonchev–Trinajstić information content (AvgIpc) is 2.44. The maximum Gasteiger partial charge on any atom is 0.335 e. The summed E-state index contributed by atoms with van der Waals surface area (Å²) in [6.07, 6.45) is 0. The Morgan fingerprint density at radius 1 is 0.857 bits per heavy atom. The van der Waals surface area contributed by atoms with Crippen molar-refractivity contribution in [2.75, 3.05) is 61.4 Å². The predicted octanol–water partition coefficient (Wildman–Crippen LogP) is 1.43. The molecule has 5 nitrogen and oxygen atoms in total. The Morgan fingerprint density at radius 3 is 1.57 bits per heavy atom. The molecule has 0 radical (unpaired) electrons. The predicted molar refractivity (Wildman–Crippen MR) is 88.0 cm³/mol. The summed E-state index contributed by atoms with van der Waals surface area (Å²) in [7, 11) is 10.6. The van der Waals surface area contributed by atoms with Gasteiger partial charge in [-0.3, -0.25) is 0 Å². The summed E-state index contributed by atoms with van der Waals surface area (Å²) >= 11 is 0. The first kappa shape index (κ1) is 19.6. The maximum absolute atomic E-state index is 10.2. The average molecular weight is 295 g/mol. The third-order valence-corrected chi connectivity index (χ3v) is 2.88. The highest BCUT2D eigenvalue weighted by Gasteiger charge is 1.99. The van der Waals surface area contributed by atoms with Gasteiger partial charge in [0.05, 0.1) is 5.56 Å². The van der Waals surface area contributed by atoms with Crippen LogP contribution in [0.2, 0.25) is 0 Å². The minimum atomic E-state index is -0.879. The second-order valence-corrected chi connectivity index (χ2v) is 5.58.